The first-order valence-electron chi connectivity index (χ1n) is 8.90. The van der Waals surface area contributed by atoms with E-state index in [9.17, 15) is 14.4 Å². The van der Waals surface area contributed by atoms with Crippen molar-refractivity contribution in [3.8, 4) is 0 Å². The number of hydrogen-bond acceptors (Lipinski definition) is 5. The van der Waals surface area contributed by atoms with Gasteiger partial charge in [-0.3, -0.25) is 14.4 Å². The highest BCUT2D eigenvalue weighted by molar-refractivity contribution is 6.04. The zero-order valence-electron chi connectivity index (χ0n) is 16.0. The molecule has 0 heterocycles. The van der Waals surface area contributed by atoms with Crippen molar-refractivity contribution in [1.82, 2.24) is 0 Å². The standard InChI is InChI=1S/C21H24N2O5/c1-15-4-3-5-16(14-15)21(26)23-18-8-6-17(7-9-18)22-19(24)10-11-20(25)28-13-12-27-2/h3-9,14H,10-13H2,1-2H3,(H,22,24)(H,23,26). The van der Waals surface area contributed by atoms with Crippen LogP contribution in [0.1, 0.15) is 28.8 Å². The normalized spacial score (nSPS) is 10.2. The molecule has 0 saturated heterocycles. The maximum Gasteiger partial charge on any atom is 0.306 e. The van der Waals surface area contributed by atoms with E-state index in [1.807, 2.05) is 25.1 Å². The molecule has 2 aromatic carbocycles. The molecule has 28 heavy (non-hydrogen) atoms. The van der Waals surface area contributed by atoms with Crippen molar-refractivity contribution in [3.63, 3.8) is 0 Å². The average molecular weight is 384 g/mol. The van der Waals surface area contributed by atoms with E-state index in [1.165, 1.54) is 7.11 Å². The minimum Gasteiger partial charge on any atom is -0.463 e. The van der Waals surface area contributed by atoms with E-state index in [1.54, 1.807) is 30.3 Å². The molecule has 0 spiro atoms. The van der Waals surface area contributed by atoms with Crippen LogP contribution in [0.5, 0.6) is 0 Å². The van der Waals surface area contributed by atoms with Gasteiger partial charge in [0, 0.05) is 30.5 Å². The third kappa shape index (κ3) is 7.20. The first-order chi connectivity index (χ1) is 13.5. The molecule has 2 amide bonds. The fourth-order valence-electron chi connectivity index (χ4n) is 2.38. The lowest BCUT2D eigenvalue weighted by atomic mass is 10.1. The summed E-state index contributed by atoms with van der Waals surface area (Å²) >= 11 is 0. The van der Waals surface area contributed by atoms with E-state index in [0.29, 0.717) is 23.5 Å². The van der Waals surface area contributed by atoms with Crippen LogP contribution in [0.2, 0.25) is 0 Å². The molecule has 2 N–H and O–H groups in total. The third-order valence-corrected chi connectivity index (χ3v) is 3.81. The molecule has 148 valence electrons. The van der Waals surface area contributed by atoms with Gasteiger partial charge < -0.3 is 20.1 Å². The highest BCUT2D eigenvalue weighted by atomic mass is 16.6. The minimum absolute atomic E-state index is 0.000180. The first kappa shape index (κ1) is 21.1. The van der Waals surface area contributed by atoms with Crippen molar-refractivity contribution in [2.75, 3.05) is 31.0 Å². The van der Waals surface area contributed by atoms with Crippen molar-refractivity contribution < 1.29 is 23.9 Å². The Morgan fingerprint density at radius 2 is 1.57 bits per heavy atom. The van der Waals surface area contributed by atoms with Crippen molar-refractivity contribution in [3.05, 3.63) is 59.7 Å². The molecule has 0 fully saturated rings. The van der Waals surface area contributed by atoms with Crippen LogP contribution in [0.3, 0.4) is 0 Å². The summed E-state index contributed by atoms with van der Waals surface area (Å²) in [5.74, 6) is -0.936. The number of aryl methyl sites for hydroxylation is 1. The van der Waals surface area contributed by atoms with Crippen molar-refractivity contribution >= 4 is 29.2 Å². The van der Waals surface area contributed by atoms with Crippen LogP contribution >= 0.6 is 0 Å². The molecule has 0 atom stereocenters. The Morgan fingerprint density at radius 1 is 0.893 bits per heavy atom. The second-order valence-electron chi connectivity index (χ2n) is 6.16. The highest BCUT2D eigenvalue weighted by Gasteiger charge is 2.09. The van der Waals surface area contributed by atoms with E-state index in [2.05, 4.69) is 10.6 Å². The average Bonchev–Trinajstić information content (AvgIpc) is 2.68. The summed E-state index contributed by atoms with van der Waals surface area (Å²) in [5, 5.41) is 5.51. The summed E-state index contributed by atoms with van der Waals surface area (Å²) in [4.78, 5) is 35.6. The number of rotatable bonds is 9. The van der Waals surface area contributed by atoms with Crippen LogP contribution in [-0.2, 0) is 19.1 Å². The second-order valence-corrected chi connectivity index (χ2v) is 6.16. The van der Waals surface area contributed by atoms with Crippen molar-refractivity contribution in [2.45, 2.75) is 19.8 Å². The lowest BCUT2D eigenvalue weighted by Gasteiger charge is -2.08. The number of hydrogen-bond donors (Lipinski definition) is 2. The van der Waals surface area contributed by atoms with Crippen LogP contribution in [-0.4, -0.2) is 38.1 Å². The third-order valence-electron chi connectivity index (χ3n) is 3.81. The van der Waals surface area contributed by atoms with Gasteiger partial charge in [-0.25, -0.2) is 0 Å². The molecule has 2 aromatic rings. The summed E-state index contributed by atoms with van der Waals surface area (Å²) < 4.78 is 9.67. The SMILES string of the molecule is COCCOC(=O)CCC(=O)Nc1ccc(NC(=O)c2cccc(C)c2)cc1. The summed E-state index contributed by atoms with van der Waals surface area (Å²) in [7, 11) is 1.51. The van der Waals surface area contributed by atoms with E-state index in [4.69, 9.17) is 9.47 Å². The Bertz CT molecular complexity index is 818. The van der Waals surface area contributed by atoms with Crippen LogP contribution in [0.15, 0.2) is 48.5 Å². The van der Waals surface area contributed by atoms with Crippen LogP contribution in [0.25, 0.3) is 0 Å². The molecule has 0 unspecified atom stereocenters. The topological polar surface area (TPSA) is 93.7 Å². The Kier molecular flexibility index (Phi) is 8.17. The molecule has 0 saturated carbocycles. The zero-order valence-corrected chi connectivity index (χ0v) is 16.0. The molecular weight excluding hydrogens is 360 g/mol. The number of anilines is 2. The van der Waals surface area contributed by atoms with Gasteiger partial charge in [0.1, 0.15) is 6.61 Å². The Morgan fingerprint density at radius 3 is 2.21 bits per heavy atom. The highest BCUT2D eigenvalue weighted by Crippen LogP contribution is 2.15. The Labute approximate surface area is 164 Å². The Balaban J connectivity index is 1.79. The summed E-state index contributed by atoms with van der Waals surface area (Å²) in [6.45, 7) is 2.42. The minimum atomic E-state index is -0.443. The van der Waals surface area contributed by atoms with Crippen molar-refractivity contribution in [1.29, 1.82) is 0 Å². The van der Waals surface area contributed by atoms with Crippen molar-refractivity contribution in [2.24, 2.45) is 0 Å². The molecule has 0 radical (unpaired) electrons. The number of carbonyl (C=O) groups excluding carboxylic acids is 3. The second kappa shape index (κ2) is 10.8. The molecule has 0 aromatic heterocycles. The summed E-state index contributed by atoms with van der Waals surface area (Å²) in [6.07, 6.45) is 0.0256. The van der Waals surface area contributed by atoms with Crippen LogP contribution in [0, 0.1) is 6.92 Å². The number of methoxy groups -OCH3 is 1. The van der Waals surface area contributed by atoms with Crippen LogP contribution in [0.4, 0.5) is 11.4 Å². The van der Waals surface area contributed by atoms with Gasteiger partial charge in [0.2, 0.25) is 5.91 Å². The fraction of sp³-hybridized carbons (Fsp3) is 0.286. The molecular formula is C21H24N2O5. The maximum absolute atomic E-state index is 12.2. The van der Waals surface area contributed by atoms with Gasteiger partial charge in [0.05, 0.1) is 13.0 Å². The van der Waals surface area contributed by atoms with E-state index in [0.717, 1.165) is 5.56 Å². The van der Waals surface area contributed by atoms with Gasteiger partial charge in [-0.15, -0.1) is 0 Å². The molecule has 0 bridgehead atoms. The first-order valence-corrected chi connectivity index (χ1v) is 8.90. The zero-order chi connectivity index (χ0) is 20.4. The monoisotopic (exact) mass is 384 g/mol. The number of amides is 2. The molecule has 2 rings (SSSR count). The van der Waals surface area contributed by atoms with Gasteiger partial charge in [-0.1, -0.05) is 17.7 Å². The van der Waals surface area contributed by atoms with E-state index >= 15 is 0 Å². The van der Waals surface area contributed by atoms with Gasteiger partial charge in [0.15, 0.2) is 0 Å². The number of nitrogens with one attached hydrogen (secondary N) is 2. The van der Waals surface area contributed by atoms with Gasteiger partial charge in [-0.05, 0) is 43.3 Å². The predicted octanol–water partition coefficient (Wildman–Crippen LogP) is 3.16. The molecule has 7 heteroatoms. The summed E-state index contributed by atoms with van der Waals surface area (Å²) in [5.41, 5.74) is 2.78. The largest absolute Gasteiger partial charge is 0.463 e. The Hall–Kier alpha value is -3.19. The predicted molar refractivity (Wildman–Crippen MR) is 106 cm³/mol. The molecule has 0 aliphatic heterocycles. The smallest absolute Gasteiger partial charge is 0.306 e. The van der Waals surface area contributed by atoms with Gasteiger partial charge >= 0.3 is 5.97 Å². The number of esters is 1. The van der Waals surface area contributed by atoms with E-state index < -0.39 is 5.97 Å². The fourth-order valence-corrected chi connectivity index (χ4v) is 2.38. The molecule has 7 nitrogen and oxygen atoms in total. The van der Waals surface area contributed by atoms with E-state index in [-0.39, 0.29) is 31.3 Å². The quantitative estimate of drug-likeness (QED) is 0.512. The van der Waals surface area contributed by atoms with Gasteiger partial charge in [-0.2, -0.15) is 0 Å². The number of carbonyl (C=O) groups is 3. The lowest BCUT2D eigenvalue weighted by molar-refractivity contribution is -0.145. The lowest BCUT2D eigenvalue weighted by Crippen LogP contribution is -2.16. The molecule has 0 aliphatic carbocycles. The number of benzene rings is 2. The summed E-state index contributed by atoms with van der Waals surface area (Å²) in [6, 6.07) is 14.1. The maximum atomic E-state index is 12.2. The number of ether oxygens (including phenoxy) is 2. The molecule has 0 aliphatic rings. The van der Waals surface area contributed by atoms with Crippen LogP contribution < -0.4 is 10.6 Å². The van der Waals surface area contributed by atoms with Gasteiger partial charge in [0.25, 0.3) is 5.91 Å².